The second kappa shape index (κ2) is 5.45. The van der Waals surface area contributed by atoms with Crippen molar-refractivity contribution in [2.45, 2.75) is 25.9 Å². The van der Waals surface area contributed by atoms with E-state index in [1.807, 2.05) is 6.92 Å². The Bertz CT molecular complexity index is 324. The number of methoxy groups -OCH3 is 2. The van der Waals surface area contributed by atoms with Gasteiger partial charge in [-0.15, -0.1) is 0 Å². The van der Waals surface area contributed by atoms with Crippen molar-refractivity contribution in [3.05, 3.63) is 11.7 Å². The first-order valence-corrected chi connectivity index (χ1v) is 4.56. The first kappa shape index (κ1) is 11.6. The Morgan fingerprint density at radius 1 is 1.53 bits per heavy atom. The number of hydrogen-bond acceptors (Lipinski definition) is 6. The molecule has 6 heteroatoms. The molecule has 1 unspecified atom stereocenters. The fourth-order valence-corrected chi connectivity index (χ4v) is 0.981. The molecular formula is C9H14N2O4. The van der Waals surface area contributed by atoms with Gasteiger partial charge in [-0.1, -0.05) is 5.16 Å². The summed E-state index contributed by atoms with van der Waals surface area (Å²) >= 11 is 0. The van der Waals surface area contributed by atoms with Gasteiger partial charge in [-0.2, -0.15) is 4.98 Å². The molecule has 0 saturated heterocycles. The minimum Gasteiger partial charge on any atom is -0.469 e. The Balaban J connectivity index is 2.52. The maximum absolute atomic E-state index is 10.9. The van der Waals surface area contributed by atoms with Gasteiger partial charge in [0.1, 0.15) is 6.42 Å². The smallest absolute Gasteiger partial charge is 0.315 e. The number of rotatable bonds is 5. The quantitative estimate of drug-likeness (QED) is 0.659. The molecule has 0 amide bonds. The van der Waals surface area contributed by atoms with Crippen molar-refractivity contribution >= 4 is 5.97 Å². The van der Waals surface area contributed by atoms with Gasteiger partial charge in [0, 0.05) is 13.5 Å². The van der Waals surface area contributed by atoms with Crippen molar-refractivity contribution < 1.29 is 18.8 Å². The van der Waals surface area contributed by atoms with Gasteiger partial charge in [-0.3, -0.25) is 4.79 Å². The zero-order valence-corrected chi connectivity index (χ0v) is 9.02. The lowest BCUT2D eigenvalue weighted by Crippen LogP contribution is -2.10. The molecule has 0 fully saturated rings. The summed E-state index contributed by atoms with van der Waals surface area (Å²) in [6.45, 7) is 1.90. The van der Waals surface area contributed by atoms with Gasteiger partial charge in [0.2, 0.25) is 5.89 Å². The van der Waals surface area contributed by atoms with E-state index in [0.29, 0.717) is 12.2 Å². The molecular weight excluding hydrogens is 200 g/mol. The Kier molecular flexibility index (Phi) is 4.23. The highest BCUT2D eigenvalue weighted by Crippen LogP contribution is 2.03. The minimum atomic E-state index is -0.398. The van der Waals surface area contributed by atoms with E-state index in [2.05, 4.69) is 14.9 Å². The van der Waals surface area contributed by atoms with E-state index < -0.39 is 5.97 Å². The third kappa shape index (κ3) is 3.67. The summed E-state index contributed by atoms with van der Waals surface area (Å²) in [6, 6.07) is 0. The first-order chi connectivity index (χ1) is 7.15. The molecule has 0 N–H and O–H groups in total. The van der Waals surface area contributed by atoms with Crippen LogP contribution in [0.3, 0.4) is 0 Å². The van der Waals surface area contributed by atoms with Crippen LogP contribution in [-0.2, 0) is 27.1 Å². The molecule has 1 aromatic heterocycles. The molecule has 0 aliphatic heterocycles. The van der Waals surface area contributed by atoms with Crippen LogP contribution in [0, 0.1) is 0 Å². The molecule has 0 aromatic carbocycles. The number of carbonyl (C=O) groups excluding carboxylic acids is 1. The van der Waals surface area contributed by atoms with Gasteiger partial charge in [0.25, 0.3) is 0 Å². The zero-order valence-electron chi connectivity index (χ0n) is 9.02. The summed E-state index contributed by atoms with van der Waals surface area (Å²) < 4.78 is 14.4. The summed E-state index contributed by atoms with van der Waals surface area (Å²) in [5, 5.41) is 3.72. The molecule has 1 rings (SSSR count). The lowest BCUT2D eigenvalue weighted by molar-refractivity contribution is -0.140. The lowest BCUT2D eigenvalue weighted by Gasteiger charge is -2.03. The monoisotopic (exact) mass is 214 g/mol. The molecule has 0 saturated carbocycles. The Labute approximate surface area is 87.6 Å². The van der Waals surface area contributed by atoms with Gasteiger partial charge in [-0.25, -0.2) is 0 Å². The van der Waals surface area contributed by atoms with Crippen LogP contribution in [0.4, 0.5) is 0 Å². The fourth-order valence-electron chi connectivity index (χ4n) is 0.981. The van der Waals surface area contributed by atoms with Crippen LogP contribution in [0.15, 0.2) is 4.52 Å². The lowest BCUT2D eigenvalue weighted by atomic mass is 10.3. The molecule has 84 valence electrons. The second-order valence-electron chi connectivity index (χ2n) is 3.11. The molecule has 1 aromatic rings. The van der Waals surface area contributed by atoms with E-state index >= 15 is 0 Å². The number of carbonyl (C=O) groups is 1. The average molecular weight is 214 g/mol. The van der Waals surface area contributed by atoms with Crippen LogP contribution in [0.5, 0.6) is 0 Å². The van der Waals surface area contributed by atoms with Crippen LogP contribution in [-0.4, -0.2) is 36.4 Å². The Morgan fingerprint density at radius 3 is 2.87 bits per heavy atom. The molecule has 6 nitrogen and oxygen atoms in total. The third-order valence-corrected chi connectivity index (χ3v) is 1.91. The van der Waals surface area contributed by atoms with Crippen LogP contribution < -0.4 is 0 Å². The highest BCUT2D eigenvalue weighted by atomic mass is 16.5. The van der Waals surface area contributed by atoms with Crippen molar-refractivity contribution in [2.75, 3.05) is 14.2 Å². The topological polar surface area (TPSA) is 74.5 Å². The Morgan fingerprint density at radius 2 is 2.27 bits per heavy atom. The molecule has 1 atom stereocenters. The fraction of sp³-hybridized carbons (Fsp3) is 0.667. The average Bonchev–Trinajstić information content (AvgIpc) is 2.65. The zero-order chi connectivity index (χ0) is 11.3. The normalized spacial score (nSPS) is 12.5. The van der Waals surface area contributed by atoms with Crippen LogP contribution in [0.25, 0.3) is 0 Å². The maximum atomic E-state index is 10.9. The number of aromatic nitrogens is 2. The van der Waals surface area contributed by atoms with Crippen molar-refractivity contribution in [1.29, 1.82) is 0 Å². The van der Waals surface area contributed by atoms with Crippen LogP contribution in [0.2, 0.25) is 0 Å². The first-order valence-electron chi connectivity index (χ1n) is 4.56. The largest absolute Gasteiger partial charge is 0.469 e. The third-order valence-electron chi connectivity index (χ3n) is 1.91. The summed E-state index contributed by atoms with van der Waals surface area (Å²) in [6.07, 6.45) is 0.583. The predicted octanol–water partition coefficient (Wildman–Crippen LogP) is 0.362. The molecule has 0 bridgehead atoms. The van der Waals surface area contributed by atoms with E-state index in [1.54, 1.807) is 7.11 Å². The standard InChI is InChI=1S/C9H14N2O4/c1-6(13-2)4-7-10-8(15-11-7)5-9(12)14-3/h6H,4-5H2,1-3H3. The second-order valence-corrected chi connectivity index (χ2v) is 3.11. The van der Waals surface area contributed by atoms with Crippen molar-refractivity contribution in [2.24, 2.45) is 0 Å². The van der Waals surface area contributed by atoms with Crippen molar-refractivity contribution in [1.82, 2.24) is 10.1 Å². The summed E-state index contributed by atoms with van der Waals surface area (Å²) in [7, 11) is 2.92. The van der Waals surface area contributed by atoms with E-state index in [1.165, 1.54) is 7.11 Å². The molecule has 0 spiro atoms. The molecule has 0 aliphatic rings. The highest BCUT2D eigenvalue weighted by molar-refractivity contribution is 5.70. The van der Waals surface area contributed by atoms with Gasteiger partial charge < -0.3 is 14.0 Å². The minimum absolute atomic E-state index is 0.00482. The molecule has 1 heterocycles. The molecule has 15 heavy (non-hydrogen) atoms. The summed E-state index contributed by atoms with van der Waals surface area (Å²) in [5.74, 6) is 0.397. The van der Waals surface area contributed by atoms with Crippen LogP contribution in [0.1, 0.15) is 18.6 Å². The van der Waals surface area contributed by atoms with Gasteiger partial charge >= 0.3 is 5.97 Å². The maximum Gasteiger partial charge on any atom is 0.315 e. The van der Waals surface area contributed by atoms with Crippen LogP contribution >= 0.6 is 0 Å². The summed E-state index contributed by atoms with van der Waals surface area (Å²) in [4.78, 5) is 14.9. The SMILES string of the molecule is COC(=O)Cc1nc(CC(C)OC)no1. The Hall–Kier alpha value is -1.43. The van der Waals surface area contributed by atoms with Gasteiger partial charge in [-0.05, 0) is 6.92 Å². The van der Waals surface area contributed by atoms with E-state index in [0.717, 1.165) is 0 Å². The van der Waals surface area contributed by atoms with E-state index in [9.17, 15) is 4.79 Å². The highest BCUT2D eigenvalue weighted by Gasteiger charge is 2.13. The van der Waals surface area contributed by atoms with E-state index in [4.69, 9.17) is 9.26 Å². The van der Waals surface area contributed by atoms with E-state index in [-0.39, 0.29) is 18.4 Å². The van der Waals surface area contributed by atoms with Gasteiger partial charge in [0.15, 0.2) is 5.82 Å². The summed E-state index contributed by atoms with van der Waals surface area (Å²) in [5.41, 5.74) is 0. The number of esters is 1. The molecule has 0 aliphatic carbocycles. The van der Waals surface area contributed by atoms with Crippen molar-refractivity contribution in [3.8, 4) is 0 Å². The van der Waals surface area contributed by atoms with Gasteiger partial charge in [0.05, 0.1) is 13.2 Å². The number of ether oxygens (including phenoxy) is 2. The number of nitrogens with zero attached hydrogens (tertiary/aromatic N) is 2. The predicted molar refractivity (Wildman–Crippen MR) is 50.2 cm³/mol. The van der Waals surface area contributed by atoms with Crippen molar-refractivity contribution in [3.63, 3.8) is 0 Å². The number of hydrogen-bond donors (Lipinski definition) is 0. The molecule has 0 radical (unpaired) electrons.